The lowest BCUT2D eigenvalue weighted by Gasteiger charge is -2.29. The first-order chi connectivity index (χ1) is 18.7. The van der Waals surface area contributed by atoms with Gasteiger partial charge in [0.1, 0.15) is 18.0 Å². The molecule has 0 spiro atoms. The summed E-state index contributed by atoms with van der Waals surface area (Å²) >= 11 is 14.3. The fourth-order valence-electron chi connectivity index (χ4n) is 4.15. The Balaban J connectivity index is 1.45. The standard InChI is InChI=1S/C27H25Cl2N3O6S/c28-18-12-16-14-32(22(34)8-7-15-4-1-2-5-20(15)33)10-9-17(16)24(29)23(18)26(36)31-19(27(37)38)13-30-25(35)21-6-3-11-39-21/h1-8,11-12,19,25,30,33,35H,9-10,13-14H2,(H,31,36)(H,37,38)/b8-7+/t19-,25?/m0/s1. The minimum atomic E-state index is -1.36. The van der Waals surface area contributed by atoms with E-state index in [0.29, 0.717) is 34.5 Å². The molecular weight excluding hydrogens is 565 g/mol. The van der Waals surface area contributed by atoms with Gasteiger partial charge in [0.2, 0.25) is 5.91 Å². The number of amides is 2. The summed E-state index contributed by atoms with van der Waals surface area (Å²) in [4.78, 5) is 39.8. The molecule has 0 bridgehead atoms. The predicted octanol–water partition coefficient (Wildman–Crippen LogP) is 3.82. The van der Waals surface area contributed by atoms with E-state index in [2.05, 4.69) is 10.6 Å². The smallest absolute Gasteiger partial charge is 0.327 e. The van der Waals surface area contributed by atoms with E-state index in [0.717, 1.165) is 0 Å². The van der Waals surface area contributed by atoms with Crippen molar-refractivity contribution in [1.82, 2.24) is 15.5 Å². The zero-order valence-electron chi connectivity index (χ0n) is 20.4. The van der Waals surface area contributed by atoms with Crippen molar-refractivity contribution in [3.63, 3.8) is 0 Å². The molecule has 4 rings (SSSR count). The number of carbonyl (C=O) groups is 3. The molecule has 0 aliphatic carbocycles. The molecule has 5 N–H and O–H groups in total. The number of carboxylic acid groups (broad SMARTS) is 1. The Morgan fingerprint density at radius 2 is 1.92 bits per heavy atom. The molecular formula is C27H25Cl2N3O6S. The third-order valence-corrected chi connectivity index (χ3v) is 7.86. The number of para-hydroxylation sites is 1. The molecule has 0 fully saturated rings. The van der Waals surface area contributed by atoms with E-state index in [1.165, 1.54) is 29.6 Å². The van der Waals surface area contributed by atoms with Gasteiger partial charge >= 0.3 is 5.97 Å². The number of rotatable bonds is 9. The second-order valence-electron chi connectivity index (χ2n) is 8.78. The van der Waals surface area contributed by atoms with Gasteiger partial charge in [-0.25, -0.2) is 4.79 Å². The van der Waals surface area contributed by atoms with E-state index in [1.54, 1.807) is 46.7 Å². The Kier molecular flexibility index (Phi) is 9.26. The van der Waals surface area contributed by atoms with Crippen molar-refractivity contribution in [3.8, 4) is 5.75 Å². The highest BCUT2D eigenvalue weighted by atomic mass is 35.5. The molecule has 1 aliphatic rings. The molecule has 9 nitrogen and oxygen atoms in total. The number of nitrogens with zero attached hydrogens (tertiary/aromatic N) is 1. The van der Waals surface area contributed by atoms with Gasteiger partial charge in [-0.15, -0.1) is 11.3 Å². The van der Waals surface area contributed by atoms with Crippen LogP contribution >= 0.6 is 34.5 Å². The number of aliphatic carboxylic acids is 1. The number of benzene rings is 2. The van der Waals surface area contributed by atoms with Crippen LogP contribution in [0.25, 0.3) is 6.08 Å². The summed E-state index contributed by atoms with van der Waals surface area (Å²) in [7, 11) is 0. The van der Waals surface area contributed by atoms with Crippen molar-refractivity contribution in [2.75, 3.05) is 13.1 Å². The van der Waals surface area contributed by atoms with E-state index < -0.39 is 24.1 Å². The SMILES string of the molecule is O=C(N[C@@H](CNC(O)c1cccs1)C(=O)O)c1c(Cl)cc2c(c1Cl)CCN(C(=O)/C=C/c1ccccc1O)C2. The number of hydrogen-bond acceptors (Lipinski definition) is 7. The molecule has 2 aromatic carbocycles. The van der Waals surface area contributed by atoms with Crippen molar-refractivity contribution < 1.29 is 29.7 Å². The monoisotopic (exact) mass is 589 g/mol. The maximum Gasteiger partial charge on any atom is 0.327 e. The van der Waals surface area contributed by atoms with Gasteiger partial charge in [-0.1, -0.05) is 47.5 Å². The van der Waals surface area contributed by atoms with E-state index >= 15 is 0 Å². The van der Waals surface area contributed by atoms with E-state index in [9.17, 15) is 29.7 Å². The van der Waals surface area contributed by atoms with Crippen LogP contribution in [0.1, 0.15) is 38.2 Å². The van der Waals surface area contributed by atoms with Crippen LogP contribution in [0.3, 0.4) is 0 Å². The summed E-state index contributed by atoms with van der Waals surface area (Å²) in [6, 6.07) is 10.3. The normalized spacial score (nSPS) is 14.6. The molecule has 0 saturated heterocycles. The van der Waals surface area contributed by atoms with Gasteiger partial charge in [0.05, 0.1) is 15.6 Å². The van der Waals surface area contributed by atoms with Crippen LogP contribution in [0, 0.1) is 0 Å². The Hall–Kier alpha value is -3.41. The fraction of sp³-hybridized carbons (Fsp3) is 0.222. The lowest BCUT2D eigenvalue weighted by molar-refractivity contribution is -0.139. The summed E-state index contributed by atoms with van der Waals surface area (Å²) in [6.07, 6.45) is 2.19. The molecule has 1 aromatic heterocycles. The highest BCUT2D eigenvalue weighted by molar-refractivity contribution is 7.10. The lowest BCUT2D eigenvalue weighted by Crippen LogP contribution is -2.48. The quantitative estimate of drug-likeness (QED) is 0.189. The van der Waals surface area contributed by atoms with Gasteiger partial charge in [0.15, 0.2) is 0 Å². The number of carboxylic acids is 1. The molecule has 39 heavy (non-hydrogen) atoms. The highest BCUT2D eigenvalue weighted by Crippen LogP contribution is 2.35. The molecule has 2 atom stereocenters. The predicted molar refractivity (Wildman–Crippen MR) is 149 cm³/mol. The largest absolute Gasteiger partial charge is 0.507 e. The molecule has 12 heteroatoms. The van der Waals surface area contributed by atoms with Crippen LogP contribution in [0.5, 0.6) is 5.75 Å². The number of halogens is 2. The summed E-state index contributed by atoms with van der Waals surface area (Å²) in [5.74, 6) is -2.27. The third-order valence-electron chi connectivity index (χ3n) is 6.22. The maximum absolute atomic E-state index is 13.1. The average molecular weight is 590 g/mol. The van der Waals surface area contributed by atoms with Crippen LogP contribution in [-0.2, 0) is 22.6 Å². The van der Waals surface area contributed by atoms with Gasteiger partial charge < -0.3 is 25.5 Å². The lowest BCUT2D eigenvalue weighted by atomic mass is 9.96. The van der Waals surface area contributed by atoms with Gasteiger partial charge in [0, 0.05) is 36.2 Å². The first-order valence-corrected chi connectivity index (χ1v) is 13.5. The first kappa shape index (κ1) is 28.6. The van der Waals surface area contributed by atoms with Crippen molar-refractivity contribution in [2.24, 2.45) is 0 Å². The fourth-order valence-corrected chi connectivity index (χ4v) is 5.60. The van der Waals surface area contributed by atoms with Gasteiger partial charge in [-0.3, -0.25) is 14.9 Å². The van der Waals surface area contributed by atoms with Crippen LogP contribution in [0.2, 0.25) is 10.0 Å². The average Bonchev–Trinajstić information content (AvgIpc) is 3.45. The number of aliphatic hydroxyl groups excluding tert-OH is 1. The highest BCUT2D eigenvalue weighted by Gasteiger charge is 2.29. The van der Waals surface area contributed by atoms with Crippen LogP contribution in [-0.4, -0.2) is 57.1 Å². The first-order valence-electron chi connectivity index (χ1n) is 11.9. The van der Waals surface area contributed by atoms with Crippen molar-refractivity contribution >= 4 is 58.4 Å². The molecule has 2 heterocycles. The Morgan fingerprint density at radius 1 is 1.15 bits per heavy atom. The van der Waals surface area contributed by atoms with Gasteiger partial charge in [-0.05, 0) is 47.2 Å². The summed E-state index contributed by atoms with van der Waals surface area (Å²) in [5, 5.41) is 36.7. The summed E-state index contributed by atoms with van der Waals surface area (Å²) < 4.78 is 0. The topological polar surface area (TPSA) is 139 Å². The number of hydrogen-bond donors (Lipinski definition) is 5. The zero-order chi connectivity index (χ0) is 28.1. The molecule has 204 valence electrons. The molecule has 2 amide bonds. The van der Waals surface area contributed by atoms with Crippen molar-refractivity contribution in [3.05, 3.63) is 91.1 Å². The number of aromatic hydroxyl groups is 1. The molecule has 3 aromatic rings. The number of nitrogens with one attached hydrogen (secondary N) is 2. The zero-order valence-corrected chi connectivity index (χ0v) is 22.8. The molecule has 1 aliphatic heterocycles. The number of carbonyl (C=O) groups excluding carboxylic acids is 2. The minimum Gasteiger partial charge on any atom is -0.507 e. The van der Waals surface area contributed by atoms with E-state index in [1.807, 2.05) is 0 Å². The number of aliphatic hydroxyl groups is 1. The summed E-state index contributed by atoms with van der Waals surface area (Å²) in [6.45, 7) is 0.302. The van der Waals surface area contributed by atoms with E-state index in [4.69, 9.17) is 23.2 Å². The van der Waals surface area contributed by atoms with Crippen LogP contribution < -0.4 is 10.6 Å². The number of thiophene rings is 1. The van der Waals surface area contributed by atoms with Crippen molar-refractivity contribution in [2.45, 2.75) is 25.2 Å². The molecule has 0 radical (unpaired) electrons. The third kappa shape index (κ3) is 6.78. The second-order valence-corrected chi connectivity index (χ2v) is 10.5. The Morgan fingerprint density at radius 3 is 2.62 bits per heavy atom. The molecule has 0 saturated carbocycles. The Labute approximate surface area is 238 Å². The van der Waals surface area contributed by atoms with Crippen LogP contribution in [0.15, 0.2) is 53.9 Å². The van der Waals surface area contributed by atoms with Crippen molar-refractivity contribution in [1.29, 1.82) is 0 Å². The molecule has 1 unspecified atom stereocenters. The Bertz CT molecular complexity index is 1410. The second kappa shape index (κ2) is 12.6. The van der Waals surface area contributed by atoms with Crippen LogP contribution in [0.4, 0.5) is 0 Å². The minimum absolute atomic E-state index is 0.0195. The number of phenols is 1. The number of fused-ring (bicyclic) bond motifs is 1. The summed E-state index contributed by atoms with van der Waals surface area (Å²) in [5.41, 5.74) is 1.79. The number of phenolic OH excluding ortho intramolecular Hbond substituents is 1. The van der Waals surface area contributed by atoms with E-state index in [-0.39, 0.29) is 40.4 Å². The van der Waals surface area contributed by atoms with Gasteiger partial charge in [0.25, 0.3) is 5.91 Å². The van der Waals surface area contributed by atoms with Gasteiger partial charge in [-0.2, -0.15) is 0 Å². The maximum atomic E-state index is 13.1.